The Balaban J connectivity index is 1.33. The van der Waals surface area contributed by atoms with E-state index in [0.29, 0.717) is 38.5 Å². The molecule has 16 unspecified atom stereocenters. The Morgan fingerprint density at radius 1 is 0.427 bits per heavy atom. The van der Waals surface area contributed by atoms with Crippen LogP contribution in [0.4, 0.5) is 0 Å². The first-order valence-electron chi connectivity index (χ1n) is 35.5. The lowest BCUT2D eigenvalue weighted by atomic mass is 9.96. The molecular weight excluding hydrogens is 1370 g/mol. The van der Waals surface area contributed by atoms with Gasteiger partial charge >= 0.3 is 0 Å². The summed E-state index contributed by atoms with van der Waals surface area (Å²) in [5, 5.41) is 126. The predicted octanol–water partition coefficient (Wildman–Crippen LogP) is -7.40. The molecule has 38 heteroatoms. The third-order valence-electron chi connectivity index (χ3n) is 17.6. The van der Waals surface area contributed by atoms with E-state index in [9.17, 15) is 94.2 Å². The highest BCUT2D eigenvalue weighted by Crippen LogP contribution is 2.26. The molecule has 3 heterocycles. The Bertz CT molecular complexity index is 2520. The lowest BCUT2D eigenvalue weighted by Crippen LogP contribution is -2.64. The summed E-state index contributed by atoms with van der Waals surface area (Å²) in [4.78, 5) is 116. The van der Waals surface area contributed by atoms with Crippen molar-refractivity contribution < 1.29 is 142 Å². The van der Waals surface area contributed by atoms with Crippen molar-refractivity contribution in [3.05, 3.63) is 0 Å². The molecule has 20 atom stereocenters. The number of aliphatic hydroxyl groups is 10. The first kappa shape index (κ1) is 89.8. The molecule has 19 N–H and O–H groups in total. The lowest BCUT2D eigenvalue weighted by Gasteiger charge is -2.42. The molecule has 0 aromatic carbocycles. The van der Waals surface area contributed by atoms with E-state index in [1.54, 1.807) is 7.11 Å². The van der Waals surface area contributed by atoms with Gasteiger partial charge in [0.1, 0.15) is 72.9 Å². The fraction of sp³-hybridized carbons (Fsp3) is 0.862. The van der Waals surface area contributed by atoms with Crippen molar-refractivity contribution in [3.63, 3.8) is 0 Å². The molecule has 103 heavy (non-hydrogen) atoms. The fourth-order valence-corrected chi connectivity index (χ4v) is 11.9. The summed E-state index contributed by atoms with van der Waals surface area (Å²) in [5.74, 6) is -5.74. The summed E-state index contributed by atoms with van der Waals surface area (Å²) in [7, 11) is 1.58. The number of amides is 9. The molecule has 3 saturated heterocycles. The first-order chi connectivity index (χ1) is 49.3. The summed E-state index contributed by atoms with van der Waals surface area (Å²) in [6.45, 7) is 0.471. The zero-order valence-corrected chi connectivity index (χ0v) is 59.4. The minimum absolute atomic E-state index is 0.0150. The SMILES string of the molecule is CO[C@@H]1C[C@@H](O)[C@H](NC(=O)CCCCCCCCCCC(=O)NC(CCC(=O)NC(CCC(=O)NCCOCCOC2OCC(CO)C(O)C(O)C2NC(C)=O)C(=O)NCCOCCOC2O[C@H](CO)C(O)C(O)C2NC(C)=O)C(=O)NCCOCCOC2OC(CO)C(O)C(O)C2NC(C)=O)C1. The molecule has 0 spiro atoms. The summed E-state index contributed by atoms with van der Waals surface area (Å²) >= 11 is 0. The highest BCUT2D eigenvalue weighted by atomic mass is 16.7. The van der Waals surface area contributed by atoms with Crippen molar-refractivity contribution in [2.75, 3.05) is 113 Å². The highest BCUT2D eigenvalue weighted by molar-refractivity contribution is 5.90. The van der Waals surface area contributed by atoms with Crippen LogP contribution in [0.15, 0.2) is 0 Å². The second-order valence-corrected chi connectivity index (χ2v) is 25.8. The van der Waals surface area contributed by atoms with Gasteiger partial charge in [-0.15, -0.1) is 0 Å². The van der Waals surface area contributed by atoms with Crippen molar-refractivity contribution >= 4 is 53.2 Å². The van der Waals surface area contributed by atoms with Crippen LogP contribution >= 0.6 is 0 Å². The number of unbranched alkanes of at least 4 members (excludes halogenated alkanes) is 7. The van der Waals surface area contributed by atoms with E-state index in [-0.39, 0.29) is 129 Å². The van der Waals surface area contributed by atoms with Gasteiger partial charge in [0.2, 0.25) is 53.2 Å². The minimum Gasteiger partial charge on any atom is -0.396 e. The average Bonchev–Trinajstić information content (AvgIpc) is 1.58. The fourth-order valence-electron chi connectivity index (χ4n) is 11.9. The van der Waals surface area contributed by atoms with Crippen LogP contribution in [0.25, 0.3) is 0 Å². The number of carbonyl (C=O) groups excluding carboxylic acids is 9. The predicted molar refractivity (Wildman–Crippen MR) is 356 cm³/mol. The second-order valence-electron chi connectivity index (χ2n) is 25.8. The smallest absolute Gasteiger partial charge is 0.242 e. The normalized spacial score (nSPS) is 28.4. The van der Waals surface area contributed by atoms with Gasteiger partial charge in [0.15, 0.2) is 18.9 Å². The molecule has 4 aliphatic rings. The molecule has 4 rings (SSSR count). The lowest BCUT2D eigenvalue weighted by molar-refractivity contribution is -0.272. The molecule has 0 radical (unpaired) electrons. The van der Waals surface area contributed by atoms with Gasteiger partial charge in [-0.05, 0) is 32.1 Å². The average molecular weight is 1490 g/mol. The van der Waals surface area contributed by atoms with E-state index >= 15 is 0 Å². The maximum Gasteiger partial charge on any atom is 0.242 e. The second kappa shape index (κ2) is 50.1. The molecule has 1 saturated carbocycles. The number of rotatable bonds is 50. The molecule has 38 nitrogen and oxygen atoms in total. The summed E-state index contributed by atoms with van der Waals surface area (Å²) in [6.07, 6.45) is -9.44. The van der Waals surface area contributed by atoms with Crippen molar-refractivity contribution in [1.29, 1.82) is 0 Å². The van der Waals surface area contributed by atoms with E-state index in [1.807, 2.05) is 0 Å². The van der Waals surface area contributed by atoms with Gasteiger partial charge < -0.3 is 146 Å². The van der Waals surface area contributed by atoms with Crippen LogP contribution in [-0.2, 0) is 90.5 Å². The molecule has 4 fully saturated rings. The van der Waals surface area contributed by atoms with E-state index in [2.05, 4.69) is 47.9 Å². The quantitative estimate of drug-likeness (QED) is 0.0252. The number of methoxy groups -OCH3 is 1. The van der Waals surface area contributed by atoms with Crippen LogP contribution in [-0.4, -0.2) is 333 Å². The largest absolute Gasteiger partial charge is 0.396 e. The zero-order chi connectivity index (χ0) is 75.8. The Kier molecular flexibility index (Phi) is 43.7. The van der Waals surface area contributed by atoms with Crippen LogP contribution in [0.2, 0.25) is 0 Å². The molecule has 3 aliphatic heterocycles. The highest BCUT2D eigenvalue weighted by Gasteiger charge is 2.47. The molecule has 594 valence electrons. The molecule has 1 aliphatic carbocycles. The number of ether oxygens (including phenoxy) is 10. The third-order valence-corrected chi connectivity index (χ3v) is 17.6. The van der Waals surface area contributed by atoms with Crippen LogP contribution in [0, 0.1) is 5.92 Å². The third kappa shape index (κ3) is 33.4. The van der Waals surface area contributed by atoms with Gasteiger partial charge in [0.05, 0.1) is 110 Å². The van der Waals surface area contributed by atoms with Crippen molar-refractivity contribution in [2.24, 2.45) is 5.92 Å². The Morgan fingerprint density at radius 3 is 1.25 bits per heavy atom. The Labute approximate surface area is 599 Å². The van der Waals surface area contributed by atoms with Crippen molar-refractivity contribution in [3.8, 4) is 0 Å². The molecule has 0 aromatic rings. The van der Waals surface area contributed by atoms with Gasteiger partial charge in [-0.3, -0.25) is 43.2 Å². The summed E-state index contributed by atoms with van der Waals surface area (Å²) in [6, 6.07) is -6.48. The molecule has 0 aromatic heterocycles. The maximum absolute atomic E-state index is 13.8. The number of nitrogens with one attached hydrogen (secondary N) is 9. The van der Waals surface area contributed by atoms with Crippen LogP contribution < -0.4 is 47.9 Å². The van der Waals surface area contributed by atoms with E-state index in [0.717, 1.165) is 32.1 Å². The molecular formula is C65H115N9O29. The number of hydrogen-bond acceptors (Lipinski definition) is 29. The molecule has 9 amide bonds. The van der Waals surface area contributed by atoms with E-state index in [4.69, 9.17) is 47.4 Å². The minimum atomic E-state index is -1.54. The van der Waals surface area contributed by atoms with Crippen LogP contribution in [0.3, 0.4) is 0 Å². The monoisotopic (exact) mass is 1490 g/mol. The van der Waals surface area contributed by atoms with Gasteiger partial charge in [0, 0.05) is 85.5 Å². The summed E-state index contributed by atoms with van der Waals surface area (Å²) in [5.41, 5.74) is 0. The first-order valence-corrected chi connectivity index (χ1v) is 35.5. The van der Waals surface area contributed by atoms with Crippen LogP contribution in [0.1, 0.15) is 124 Å². The van der Waals surface area contributed by atoms with E-state index < -0.39 is 183 Å². The van der Waals surface area contributed by atoms with Crippen LogP contribution in [0.5, 0.6) is 0 Å². The van der Waals surface area contributed by atoms with Gasteiger partial charge in [-0.2, -0.15) is 0 Å². The Morgan fingerprint density at radius 2 is 0.825 bits per heavy atom. The maximum atomic E-state index is 13.8. The number of hydrogen-bond donors (Lipinski definition) is 19. The standard InChI is InChI=1S/C65H115N9O29/c1-37(78)69-52-58(89)55(86)40(33-75)36-101-63(52)98-28-25-95-22-19-66-48(82)17-15-42(61(92)67-20-23-96-26-29-99-64-53(70-38(2)79)59(90)56(87)46(34-76)102-64)73-51(85)18-16-43(62(93)68-21-24-97-27-30-100-65-54(71-39(3)80)60(91)57(88)47(35-77)103-65)72-49(83)13-11-9-7-5-6-8-10-12-14-50(84)74-44-31-41(94-4)32-45(44)81/h40-47,52-60,63-65,75-77,81,86-91H,5-36H2,1-4H3,(H,66,82)(H,67,92)(H,68,93)(H,69,78)(H,70,79)(H,71,80)(H,72,83)(H,73,85)(H,74,84)/t40?,41-,42?,43?,44+,45+,46+,47?,52?,53?,54?,55?,56?,57?,58?,59?,60?,63?,64?,65?/m0/s1. The zero-order valence-electron chi connectivity index (χ0n) is 59.4. The topological polar surface area (TPSA) is 556 Å². The number of carbonyl (C=O) groups is 9. The molecule has 0 bridgehead atoms. The van der Waals surface area contributed by atoms with Gasteiger partial charge in [-0.25, -0.2) is 0 Å². The summed E-state index contributed by atoms with van der Waals surface area (Å²) < 4.78 is 55.9. The number of aliphatic hydroxyl groups excluding tert-OH is 10. The van der Waals surface area contributed by atoms with Crippen molar-refractivity contribution in [2.45, 2.75) is 240 Å². The van der Waals surface area contributed by atoms with Gasteiger partial charge in [0.25, 0.3) is 0 Å². The Hall–Kier alpha value is -5.57. The van der Waals surface area contributed by atoms with Crippen molar-refractivity contribution in [1.82, 2.24) is 47.9 Å². The van der Waals surface area contributed by atoms with E-state index in [1.165, 1.54) is 20.8 Å². The van der Waals surface area contributed by atoms with Gasteiger partial charge in [-0.1, -0.05) is 38.5 Å².